The molecule has 8 heteroatoms. The van der Waals surface area contributed by atoms with Gasteiger partial charge in [-0.15, -0.1) is 0 Å². The molecule has 1 fully saturated rings. The van der Waals surface area contributed by atoms with E-state index in [0.29, 0.717) is 36.1 Å². The molecule has 134 valence electrons. The lowest BCUT2D eigenvalue weighted by atomic mass is 10.1. The minimum absolute atomic E-state index is 0.0661. The van der Waals surface area contributed by atoms with Gasteiger partial charge in [0.1, 0.15) is 0 Å². The molecule has 3 rings (SSSR count). The quantitative estimate of drug-likeness (QED) is 0.778. The molecule has 0 spiro atoms. The van der Waals surface area contributed by atoms with Crippen LogP contribution in [-0.4, -0.2) is 59.1 Å². The lowest BCUT2D eigenvalue weighted by Crippen LogP contribution is -2.50. The first-order valence-electron chi connectivity index (χ1n) is 8.16. The van der Waals surface area contributed by atoms with Gasteiger partial charge in [0.2, 0.25) is 0 Å². The first-order valence-corrected chi connectivity index (χ1v) is 8.16. The maximum Gasteiger partial charge on any atom is 0.260 e. The van der Waals surface area contributed by atoms with Crippen molar-refractivity contribution in [1.82, 2.24) is 14.9 Å². The molecule has 0 saturated carbocycles. The summed E-state index contributed by atoms with van der Waals surface area (Å²) in [6.45, 7) is 1.07. The molecule has 2 aromatic rings. The molecule has 1 saturated heterocycles. The Hall–Kier alpha value is -2.29. The lowest BCUT2D eigenvalue weighted by molar-refractivity contribution is -0.0612. The zero-order valence-corrected chi connectivity index (χ0v) is 14.0. The highest BCUT2D eigenvalue weighted by molar-refractivity contribution is 5.97. The first kappa shape index (κ1) is 17.5. The third-order valence-electron chi connectivity index (χ3n) is 4.21. The summed E-state index contributed by atoms with van der Waals surface area (Å²) < 4.78 is 12.4. The Balaban J connectivity index is 1.77. The predicted octanol–water partition coefficient (Wildman–Crippen LogP) is -0.170. The van der Waals surface area contributed by atoms with Crippen LogP contribution in [-0.2, 0) is 16.5 Å². The number of nitrogens with one attached hydrogen (secondary N) is 1. The highest BCUT2D eigenvalue weighted by Crippen LogP contribution is 2.14. The molecule has 2 heterocycles. The fourth-order valence-electron chi connectivity index (χ4n) is 2.86. The molecule has 2 atom stereocenters. The summed E-state index contributed by atoms with van der Waals surface area (Å²) in [4.78, 5) is 28.8. The molecule has 0 aliphatic carbocycles. The number of aliphatic hydroxyl groups excluding tert-OH is 1. The number of fused-ring (bicyclic) bond motifs is 1. The smallest absolute Gasteiger partial charge is 0.260 e. The Morgan fingerprint density at radius 1 is 1.52 bits per heavy atom. The Bertz CT molecular complexity index is 820. The van der Waals surface area contributed by atoms with Crippen molar-refractivity contribution in [3.05, 3.63) is 40.4 Å². The highest BCUT2D eigenvalue weighted by atomic mass is 16.5. The van der Waals surface area contributed by atoms with Crippen molar-refractivity contribution in [3.63, 3.8) is 0 Å². The second-order valence-electron chi connectivity index (χ2n) is 5.97. The number of hydrogen-bond acceptors (Lipinski definition) is 6. The second-order valence-corrected chi connectivity index (χ2v) is 5.97. The topological polar surface area (TPSA) is 103 Å². The molecule has 1 aromatic heterocycles. The van der Waals surface area contributed by atoms with Crippen molar-refractivity contribution in [2.24, 2.45) is 7.05 Å². The Morgan fingerprint density at radius 2 is 2.36 bits per heavy atom. The zero-order valence-electron chi connectivity index (χ0n) is 14.0. The molecular weight excluding hydrogens is 326 g/mol. The molecule has 0 bridgehead atoms. The number of nitrogens with zero attached hydrogens (tertiary/aromatic N) is 2. The normalized spacial score (nSPS) is 20.6. The van der Waals surface area contributed by atoms with Crippen LogP contribution in [0.1, 0.15) is 16.8 Å². The SMILES string of the molecule is Cn1cnc2cc(C(=O)N[C@@H]3COCC[C@@H]3OCCO)ccc2c1=O. The number of aliphatic hydroxyl groups is 1. The van der Waals surface area contributed by atoms with Crippen molar-refractivity contribution in [3.8, 4) is 0 Å². The summed E-state index contributed by atoms with van der Waals surface area (Å²) in [6, 6.07) is 4.52. The van der Waals surface area contributed by atoms with Gasteiger partial charge >= 0.3 is 0 Å². The van der Waals surface area contributed by atoms with Gasteiger partial charge in [0, 0.05) is 19.2 Å². The van der Waals surface area contributed by atoms with Crippen LogP contribution in [0.3, 0.4) is 0 Å². The number of amides is 1. The minimum atomic E-state index is -0.292. The third-order valence-corrected chi connectivity index (χ3v) is 4.21. The van der Waals surface area contributed by atoms with E-state index in [1.54, 1.807) is 25.2 Å². The standard InChI is InChI=1S/C17H21N3O5/c1-20-10-18-13-8-11(2-3-12(13)17(20)23)16(22)19-14-9-24-6-4-15(14)25-7-5-21/h2-3,8,10,14-15,21H,4-7,9H2,1H3,(H,19,22)/t14-,15+/m1/s1. The molecule has 2 N–H and O–H groups in total. The van der Waals surface area contributed by atoms with E-state index in [2.05, 4.69) is 10.3 Å². The summed E-state index contributed by atoms with van der Waals surface area (Å²) in [5, 5.41) is 12.3. The maximum absolute atomic E-state index is 12.5. The highest BCUT2D eigenvalue weighted by Gasteiger charge is 2.28. The summed E-state index contributed by atoms with van der Waals surface area (Å²) in [5.41, 5.74) is 0.735. The van der Waals surface area contributed by atoms with Crippen LogP contribution in [0.5, 0.6) is 0 Å². The van der Waals surface area contributed by atoms with Gasteiger partial charge in [-0.3, -0.25) is 9.59 Å². The van der Waals surface area contributed by atoms with Crippen LogP contribution in [0, 0.1) is 0 Å². The molecule has 25 heavy (non-hydrogen) atoms. The zero-order chi connectivity index (χ0) is 17.8. The monoisotopic (exact) mass is 347 g/mol. The van der Waals surface area contributed by atoms with Crippen molar-refractivity contribution >= 4 is 16.8 Å². The van der Waals surface area contributed by atoms with Crippen LogP contribution >= 0.6 is 0 Å². The van der Waals surface area contributed by atoms with E-state index in [1.165, 1.54) is 10.9 Å². The van der Waals surface area contributed by atoms with Gasteiger partial charge in [-0.2, -0.15) is 0 Å². The Morgan fingerprint density at radius 3 is 3.16 bits per heavy atom. The van der Waals surface area contributed by atoms with Crippen molar-refractivity contribution in [2.45, 2.75) is 18.6 Å². The van der Waals surface area contributed by atoms with Crippen LogP contribution in [0.2, 0.25) is 0 Å². The van der Waals surface area contributed by atoms with E-state index in [9.17, 15) is 9.59 Å². The fraction of sp³-hybridized carbons (Fsp3) is 0.471. The molecule has 1 aromatic carbocycles. The maximum atomic E-state index is 12.5. The molecule has 1 aliphatic heterocycles. The van der Waals surface area contributed by atoms with E-state index in [0.717, 1.165) is 0 Å². The van der Waals surface area contributed by atoms with Gasteiger partial charge in [-0.05, 0) is 24.6 Å². The average molecular weight is 347 g/mol. The minimum Gasteiger partial charge on any atom is -0.394 e. The van der Waals surface area contributed by atoms with E-state index in [1.807, 2.05) is 0 Å². The molecule has 8 nitrogen and oxygen atoms in total. The van der Waals surface area contributed by atoms with Gasteiger partial charge in [0.15, 0.2) is 0 Å². The summed E-state index contributed by atoms with van der Waals surface area (Å²) in [5.74, 6) is -0.280. The summed E-state index contributed by atoms with van der Waals surface area (Å²) >= 11 is 0. The van der Waals surface area contributed by atoms with Gasteiger partial charge in [0.05, 0.1) is 49.2 Å². The number of rotatable bonds is 5. The molecule has 0 unspecified atom stereocenters. The van der Waals surface area contributed by atoms with Crippen LogP contribution in [0.25, 0.3) is 10.9 Å². The van der Waals surface area contributed by atoms with Crippen LogP contribution in [0.4, 0.5) is 0 Å². The number of aromatic nitrogens is 2. The number of benzene rings is 1. The van der Waals surface area contributed by atoms with Crippen molar-refractivity contribution in [2.75, 3.05) is 26.4 Å². The molecular formula is C17H21N3O5. The van der Waals surface area contributed by atoms with E-state index >= 15 is 0 Å². The Kier molecular flexibility index (Phi) is 5.42. The van der Waals surface area contributed by atoms with Gasteiger partial charge in [0.25, 0.3) is 11.5 Å². The first-order chi connectivity index (χ1) is 12.1. The van der Waals surface area contributed by atoms with E-state index < -0.39 is 0 Å². The largest absolute Gasteiger partial charge is 0.394 e. The summed E-state index contributed by atoms with van der Waals surface area (Å²) in [6.07, 6.45) is 1.89. The number of carbonyl (C=O) groups excluding carboxylic acids is 1. The fourth-order valence-corrected chi connectivity index (χ4v) is 2.86. The number of carbonyl (C=O) groups is 1. The third kappa shape index (κ3) is 3.87. The van der Waals surface area contributed by atoms with Crippen molar-refractivity contribution in [1.29, 1.82) is 0 Å². The van der Waals surface area contributed by atoms with E-state index in [-0.39, 0.29) is 36.8 Å². The van der Waals surface area contributed by atoms with Crippen LogP contribution < -0.4 is 10.9 Å². The summed E-state index contributed by atoms with van der Waals surface area (Å²) in [7, 11) is 1.63. The average Bonchev–Trinajstić information content (AvgIpc) is 2.63. The molecule has 1 amide bonds. The van der Waals surface area contributed by atoms with Gasteiger partial charge in [-0.25, -0.2) is 4.98 Å². The van der Waals surface area contributed by atoms with E-state index in [4.69, 9.17) is 14.6 Å². The lowest BCUT2D eigenvalue weighted by Gasteiger charge is -2.32. The second kappa shape index (κ2) is 7.73. The molecule has 0 radical (unpaired) electrons. The number of aryl methyl sites for hydroxylation is 1. The Labute approximate surface area is 144 Å². The van der Waals surface area contributed by atoms with Gasteiger partial charge in [-0.1, -0.05) is 0 Å². The van der Waals surface area contributed by atoms with Crippen molar-refractivity contribution < 1.29 is 19.4 Å². The van der Waals surface area contributed by atoms with Crippen LogP contribution in [0.15, 0.2) is 29.3 Å². The van der Waals surface area contributed by atoms with Gasteiger partial charge < -0.3 is 24.5 Å². The number of ether oxygens (including phenoxy) is 2. The number of hydrogen-bond donors (Lipinski definition) is 2. The predicted molar refractivity (Wildman–Crippen MR) is 90.5 cm³/mol. The molecule has 1 aliphatic rings.